The normalized spacial score (nSPS) is 10.8. The number of rotatable bonds is 5. The van der Waals surface area contributed by atoms with Gasteiger partial charge in [-0.3, -0.25) is 4.79 Å². The van der Waals surface area contributed by atoms with E-state index in [-0.39, 0.29) is 5.57 Å². The number of carbonyl (C=O) groups excluding carboxylic acids is 1. The van der Waals surface area contributed by atoms with Gasteiger partial charge in [0.25, 0.3) is 5.91 Å². The summed E-state index contributed by atoms with van der Waals surface area (Å²) < 4.78 is 0. The molecule has 0 aliphatic heterocycles. The Morgan fingerprint density at radius 2 is 1.92 bits per heavy atom. The molecular formula is C18H15Cl2N3O. The third-order valence-corrected chi connectivity index (χ3v) is 3.85. The molecule has 4 nitrogen and oxygen atoms in total. The highest BCUT2D eigenvalue weighted by Gasteiger charge is 2.11. The van der Waals surface area contributed by atoms with Crippen molar-refractivity contribution in [1.29, 1.82) is 5.26 Å². The summed E-state index contributed by atoms with van der Waals surface area (Å²) in [6.07, 6.45) is 2.30. The molecular weight excluding hydrogens is 345 g/mol. The molecule has 0 aliphatic rings. The number of nitrogens with one attached hydrogen (secondary N) is 2. The molecule has 0 aromatic heterocycles. The standard InChI is InChI=1S/C18H15Cl2N3O/c1-2-12-3-6-15(7-4-12)22-11-13(10-21)18(24)23-17-9-14(19)5-8-16(17)20/h3-9,11,22H,2H2,1H3,(H,23,24)/b13-11-. The van der Waals surface area contributed by atoms with E-state index in [0.29, 0.717) is 15.7 Å². The van der Waals surface area contributed by atoms with E-state index in [9.17, 15) is 10.1 Å². The van der Waals surface area contributed by atoms with Gasteiger partial charge in [0, 0.05) is 16.9 Å². The summed E-state index contributed by atoms with van der Waals surface area (Å²) in [6.45, 7) is 2.07. The number of amides is 1. The molecule has 0 aliphatic carbocycles. The topological polar surface area (TPSA) is 64.9 Å². The first-order valence-corrected chi connectivity index (χ1v) is 8.01. The van der Waals surface area contributed by atoms with E-state index in [1.807, 2.05) is 30.3 Å². The van der Waals surface area contributed by atoms with Gasteiger partial charge in [0.1, 0.15) is 11.6 Å². The van der Waals surface area contributed by atoms with E-state index in [1.165, 1.54) is 17.8 Å². The van der Waals surface area contributed by atoms with Crippen molar-refractivity contribution < 1.29 is 4.79 Å². The number of nitriles is 1. The van der Waals surface area contributed by atoms with Crippen molar-refractivity contribution >= 4 is 40.5 Å². The summed E-state index contributed by atoms with van der Waals surface area (Å²) in [6, 6.07) is 14.3. The van der Waals surface area contributed by atoms with Crippen molar-refractivity contribution in [3.05, 3.63) is 69.8 Å². The second-order valence-electron chi connectivity index (χ2n) is 4.94. The van der Waals surface area contributed by atoms with Crippen LogP contribution >= 0.6 is 23.2 Å². The summed E-state index contributed by atoms with van der Waals surface area (Å²) in [5.74, 6) is -0.570. The Kier molecular flexibility index (Phi) is 6.25. The Hall–Kier alpha value is -2.48. The van der Waals surface area contributed by atoms with Gasteiger partial charge in [-0.25, -0.2) is 0 Å². The Morgan fingerprint density at radius 3 is 2.54 bits per heavy atom. The van der Waals surface area contributed by atoms with Crippen LogP contribution in [0.5, 0.6) is 0 Å². The molecule has 0 saturated heterocycles. The molecule has 0 heterocycles. The van der Waals surface area contributed by atoms with E-state index >= 15 is 0 Å². The predicted molar refractivity (Wildman–Crippen MR) is 98.2 cm³/mol. The lowest BCUT2D eigenvalue weighted by Crippen LogP contribution is -2.14. The van der Waals surface area contributed by atoms with E-state index in [1.54, 1.807) is 12.1 Å². The molecule has 2 aromatic rings. The SMILES string of the molecule is CCc1ccc(N/C=C(/C#N)C(=O)Nc2cc(Cl)ccc2Cl)cc1. The number of benzene rings is 2. The highest BCUT2D eigenvalue weighted by molar-refractivity contribution is 6.35. The van der Waals surface area contributed by atoms with Crippen LogP contribution in [0.2, 0.25) is 10.0 Å². The van der Waals surface area contributed by atoms with Crippen LogP contribution in [-0.2, 0) is 11.2 Å². The highest BCUT2D eigenvalue weighted by atomic mass is 35.5. The average Bonchev–Trinajstić information content (AvgIpc) is 2.59. The van der Waals surface area contributed by atoms with Gasteiger partial charge < -0.3 is 10.6 Å². The van der Waals surface area contributed by atoms with Crippen LogP contribution in [0.3, 0.4) is 0 Å². The summed E-state index contributed by atoms with van der Waals surface area (Å²) in [5.41, 5.74) is 2.26. The molecule has 1 amide bonds. The molecule has 122 valence electrons. The molecule has 0 saturated carbocycles. The summed E-state index contributed by atoms with van der Waals surface area (Å²) >= 11 is 11.9. The van der Waals surface area contributed by atoms with E-state index in [0.717, 1.165) is 12.1 Å². The van der Waals surface area contributed by atoms with Gasteiger partial charge in [-0.1, -0.05) is 42.3 Å². The second kappa shape index (κ2) is 8.39. The summed E-state index contributed by atoms with van der Waals surface area (Å²) in [7, 11) is 0. The van der Waals surface area contributed by atoms with Crippen molar-refractivity contribution in [2.45, 2.75) is 13.3 Å². The zero-order valence-corrected chi connectivity index (χ0v) is 14.4. The maximum absolute atomic E-state index is 12.2. The molecule has 0 atom stereocenters. The quantitative estimate of drug-likeness (QED) is 0.582. The molecule has 0 unspecified atom stereocenters. The summed E-state index contributed by atoms with van der Waals surface area (Å²) in [4.78, 5) is 12.2. The fraction of sp³-hybridized carbons (Fsp3) is 0.111. The minimum absolute atomic E-state index is 0.0781. The Bertz CT molecular complexity index is 808. The van der Waals surface area contributed by atoms with Crippen LogP contribution < -0.4 is 10.6 Å². The molecule has 6 heteroatoms. The smallest absolute Gasteiger partial charge is 0.267 e. The number of carbonyl (C=O) groups is 1. The van der Waals surface area contributed by atoms with Gasteiger partial charge >= 0.3 is 0 Å². The van der Waals surface area contributed by atoms with Crippen molar-refractivity contribution in [3.8, 4) is 6.07 Å². The second-order valence-corrected chi connectivity index (χ2v) is 5.79. The third kappa shape index (κ3) is 4.76. The number of nitrogens with zero attached hydrogens (tertiary/aromatic N) is 1. The summed E-state index contributed by atoms with van der Waals surface area (Å²) in [5, 5.41) is 15.5. The average molecular weight is 360 g/mol. The maximum Gasteiger partial charge on any atom is 0.267 e. The fourth-order valence-electron chi connectivity index (χ4n) is 1.92. The zero-order chi connectivity index (χ0) is 17.5. The highest BCUT2D eigenvalue weighted by Crippen LogP contribution is 2.25. The van der Waals surface area contributed by atoms with Gasteiger partial charge in [0.2, 0.25) is 0 Å². The van der Waals surface area contributed by atoms with Crippen molar-refractivity contribution in [2.24, 2.45) is 0 Å². The number of anilines is 2. The van der Waals surface area contributed by atoms with Gasteiger partial charge in [-0.15, -0.1) is 0 Å². The van der Waals surface area contributed by atoms with Crippen molar-refractivity contribution in [2.75, 3.05) is 10.6 Å². The first kappa shape index (κ1) is 17.9. The predicted octanol–water partition coefficient (Wildman–Crippen LogP) is 5.01. The lowest BCUT2D eigenvalue weighted by molar-refractivity contribution is -0.112. The van der Waals surface area contributed by atoms with Crippen molar-refractivity contribution in [3.63, 3.8) is 0 Å². The molecule has 0 radical (unpaired) electrons. The minimum atomic E-state index is -0.570. The van der Waals surface area contributed by atoms with Crippen LogP contribution in [0, 0.1) is 11.3 Å². The Morgan fingerprint density at radius 1 is 1.21 bits per heavy atom. The Labute approximate surface area is 150 Å². The lowest BCUT2D eigenvalue weighted by Gasteiger charge is -2.07. The van der Waals surface area contributed by atoms with Gasteiger partial charge in [0.05, 0.1) is 10.7 Å². The van der Waals surface area contributed by atoms with Crippen LogP contribution in [0.1, 0.15) is 12.5 Å². The first-order chi connectivity index (χ1) is 11.5. The van der Waals surface area contributed by atoms with Crippen LogP contribution in [0.15, 0.2) is 54.2 Å². The first-order valence-electron chi connectivity index (χ1n) is 7.25. The van der Waals surface area contributed by atoms with Crippen LogP contribution in [0.4, 0.5) is 11.4 Å². The molecule has 24 heavy (non-hydrogen) atoms. The molecule has 0 bridgehead atoms. The minimum Gasteiger partial charge on any atom is -0.360 e. The number of halogens is 2. The molecule has 2 aromatic carbocycles. The largest absolute Gasteiger partial charge is 0.360 e. The number of hydrogen-bond donors (Lipinski definition) is 2. The third-order valence-electron chi connectivity index (χ3n) is 3.29. The van der Waals surface area contributed by atoms with E-state index in [4.69, 9.17) is 23.2 Å². The maximum atomic E-state index is 12.2. The molecule has 2 N–H and O–H groups in total. The lowest BCUT2D eigenvalue weighted by atomic mass is 10.1. The van der Waals surface area contributed by atoms with Crippen molar-refractivity contribution in [1.82, 2.24) is 0 Å². The van der Waals surface area contributed by atoms with Gasteiger partial charge in [-0.05, 0) is 42.3 Å². The molecule has 0 fully saturated rings. The fourth-order valence-corrected chi connectivity index (χ4v) is 2.26. The van der Waals surface area contributed by atoms with E-state index in [2.05, 4.69) is 17.6 Å². The molecule has 0 spiro atoms. The Balaban J connectivity index is 2.10. The van der Waals surface area contributed by atoms with Gasteiger partial charge in [-0.2, -0.15) is 5.26 Å². The van der Waals surface area contributed by atoms with Crippen LogP contribution in [-0.4, -0.2) is 5.91 Å². The number of aryl methyl sites for hydroxylation is 1. The van der Waals surface area contributed by atoms with Crippen LogP contribution in [0.25, 0.3) is 0 Å². The zero-order valence-electron chi connectivity index (χ0n) is 12.9. The van der Waals surface area contributed by atoms with Gasteiger partial charge in [0.15, 0.2) is 0 Å². The monoisotopic (exact) mass is 359 g/mol. The van der Waals surface area contributed by atoms with E-state index < -0.39 is 5.91 Å². The molecule has 2 rings (SSSR count). The number of hydrogen-bond acceptors (Lipinski definition) is 3.